The third-order valence-electron chi connectivity index (χ3n) is 4.22. The molecule has 0 aliphatic heterocycles. The van der Waals surface area contributed by atoms with Gasteiger partial charge in [-0.25, -0.2) is 0 Å². The minimum Gasteiger partial charge on any atom is -0.396 e. The number of nitrogens with one attached hydrogen (secondary N) is 1. The first-order chi connectivity index (χ1) is 7.31. The fraction of sp³-hybridized carbons (Fsp3) is 1.00. The van der Waals surface area contributed by atoms with Gasteiger partial charge in [-0.05, 0) is 50.9 Å². The van der Waals surface area contributed by atoms with Crippen LogP contribution in [-0.2, 0) is 0 Å². The predicted octanol–water partition coefficient (Wildman–Crippen LogP) is 2.32. The van der Waals surface area contributed by atoms with E-state index in [2.05, 4.69) is 12.2 Å². The molecule has 0 amide bonds. The van der Waals surface area contributed by atoms with E-state index in [1.54, 1.807) is 0 Å². The van der Waals surface area contributed by atoms with E-state index in [-0.39, 0.29) is 0 Å². The molecule has 88 valence electrons. The van der Waals surface area contributed by atoms with Crippen LogP contribution in [0.25, 0.3) is 0 Å². The summed E-state index contributed by atoms with van der Waals surface area (Å²) in [4.78, 5) is 0. The van der Waals surface area contributed by atoms with E-state index < -0.39 is 0 Å². The second-order valence-electron chi connectivity index (χ2n) is 5.46. The fourth-order valence-electron chi connectivity index (χ4n) is 3.02. The summed E-state index contributed by atoms with van der Waals surface area (Å²) in [7, 11) is 0. The summed E-state index contributed by atoms with van der Waals surface area (Å²) in [6, 6.07) is 1.25. The molecule has 0 aromatic carbocycles. The van der Waals surface area contributed by atoms with E-state index in [0.717, 1.165) is 18.3 Å². The summed E-state index contributed by atoms with van der Waals surface area (Å²) < 4.78 is 0. The molecule has 2 aliphatic rings. The van der Waals surface area contributed by atoms with Crippen LogP contribution in [0.2, 0.25) is 0 Å². The van der Waals surface area contributed by atoms with Crippen molar-refractivity contribution in [3.05, 3.63) is 0 Å². The van der Waals surface area contributed by atoms with Crippen molar-refractivity contribution >= 4 is 0 Å². The molecule has 2 nitrogen and oxygen atoms in total. The molecule has 2 N–H and O–H groups in total. The molecule has 0 radical (unpaired) electrons. The van der Waals surface area contributed by atoms with Gasteiger partial charge in [0.15, 0.2) is 0 Å². The van der Waals surface area contributed by atoms with E-state index in [9.17, 15) is 0 Å². The van der Waals surface area contributed by atoms with Crippen LogP contribution in [0.3, 0.4) is 0 Å². The van der Waals surface area contributed by atoms with Crippen molar-refractivity contribution in [2.45, 2.75) is 64.0 Å². The highest BCUT2D eigenvalue weighted by Gasteiger charge is 2.33. The number of aliphatic hydroxyl groups is 1. The van der Waals surface area contributed by atoms with E-state index in [1.165, 1.54) is 38.5 Å². The highest BCUT2D eigenvalue weighted by molar-refractivity contribution is 4.89. The smallest absolute Gasteiger partial charge is 0.0445 e. The van der Waals surface area contributed by atoms with E-state index >= 15 is 0 Å². The first-order valence-corrected chi connectivity index (χ1v) is 6.68. The van der Waals surface area contributed by atoms with Gasteiger partial charge in [0.2, 0.25) is 0 Å². The van der Waals surface area contributed by atoms with Crippen LogP contribution in [0.1, 0.15) is 51.9 Å². The lowest BCUT2D eigenvalue weighted by molar-refractivity contribution is 0.237. The van der Waals surface area contributed by atoms with Crippen molar-refractivity contribution in [2.75, 3.05) is 6.61 Å². The van der Waals surface area contributed by atoms with Crippen molar-refractivity contribution in [1.82, 2.24) is 5.32 Å². The Morgan fingerprint density at radius 2 is 1.80 bits per heavy atom. The monoisotopic (exact) mass is 211 g/mol. The highest BCUT2D eigenvalue weighted by atomic mass is 16.3. The van der Waals surface area contributed by atoms with Gasteiger partial charge in [0.25, 0.3) is 0 Å². The SMILES string of the molecule is CC(NC(CCO)C1CC1)C1CCCC1. The van der Waals surface area contributed by atoms with Gasteiger partial charge in [0, 0.05) is 18.7 Å². The Morgan fingerprint density at radius 1 is 1.13 bits per heavy atom. The zero-order valence-electron chi connectivity index (χ0n) is 9.91. The largest absolute Gasteiger partial charge is 0.396 e. The zero-order chi connectivity index (χ0) is 10.7. The van der Waals surface area contributed by atoms with Crippen LogP contribution in [0.4, 0.5) is 0 Å². The van der Waals surface area contributed by atoms with Gasteiger partial charge in [-0.3, -0.25) is 0 Å². The van der Waals surface area contributed by atoms with Crippen LogP contribution in [0.15, 0.2) is 0 Å². The topological polar surface area (TPSA) is 32.3 Å². The molecular weight excluding hydrogens is 186 g/mol. The molecule has 2 aliphatic carbocycles. The molecule has 15 heavy (non-hydrogen) atoms. The minimum atomic E-state index is 0.339. The first kappa shape index (κ1) is 11.4. The Labute approximate surface area is 93.5 Å². The average Bonchev–Trinajstić information content (AvgIpc) is 2.92. The second-order valence-corrected chi connectivity index (χ2v) is 5.46. The molecule has 0 bridgehead atoms. The second kappa shape index (κ2) is 5.31. The molecule has 2 saturated carbocycles. The van der Waals surface area contributed by atoms with Crippen molar-refractivity contribution in [1.29, 1.82) is 0 Å². The number of aliphatic hydroxyl groups excluding tert-OH is 1. The Bertz CT molecular complexity index is 185. The van der Waals surface area contributed by atoms with E-state index in [1.807, 2.05) is 0 Å². The number of hydrogen-bond donors (Lipinski definition) is 2. The molecule has 2 heteroatoms. The minimum absolute atomic E-state index is 0.339. The van der Waals surface area contributed by atoms with Crippen molar-refractivity contribution in [2.24, 2.45) is 11.8 Å². The summed E-state index contributed by atoms with van der Waals surface area (Å²) in [5, 5.41) is 12.8. The molecule has 2 fully saturated rings. The Balaban J connectivity index is 1.76. The van der Waals surface area contributed by atoms with Gasteiger partial charge in [-0.2, -0.15) is 0 Å². The highest BCUT2D eigenvalue weighted by Crippen LogP contribution is 2.35. The third-order valence-corrected chi connectivity index (χ3v) is 4.22. The van der Waals surface area contributed by atoms with Gasteiger partial charge in [-0.1, -0.05) is 12.8 Å². The molecule has 0 aromatic rings. The molecule has 2 atom stereocenters. The van der Waals surface area contributed by atoms with Gasteiger partial charge >= 0.3 is 0 Å². The summed E-state index contributed by atoms with van der Waals surface area (Å²) in [6.45, 7) is 2.67. The summed E-state index contributed by atoms with van der Waals surface area (Å²) in [5.41, 5.74) is 0. The summed E-state index contributed by atoms with van der Waals surface area (Å²) in [6.07, 6.45) is 9.34. The molecule has 0 saturated heterocycles. The predicted molar refractivity (Wildman–Crippen MR) is 62.8 cm³/mol. The fourth-order valence-corrected chi connectivity index (χ4v) is 3.02. The maximum absolute atomic E-state index is 9.05. The first-order valence-electron chi connectivity index (χ1n) is 6.68. The Morgan fingerprint density at radius 3 is 2.33 bits per heavy atom. The maximum Gasteiger partial charge on any atom is 0.0445 e. The third kappa shape index (κ3) is 3.18. The molecule has 2 rings (SSSR count). The van der Waals surface area contributed by atoms with Crippen LogP contribution < -0.4 is 5.32 Å². The molecule has 0 heterocycles. The normalized spacial score (nSPS) is 26.8. The van der Waals surface area contributed by atoms with Crippen LogP contribution in [-0.4, -0.2) is 23.8 Å². The van der Waals surface area contributed by atoms with Crippen molar-refractivity contribution in [3.63, 3.8) is 0 Å². The van der Waals surface area contributed by atoms with Gasteiger partial charge in [0.05, 0.1) is 0 Å². The Hall–Kier alpha value is -0.0800. The molecular formula is C13H25NO. The van der Waals surface area contributed by atoms with Crippen LogP contribution in [0.5, 0.6) is 0 Å². The lowest BCUT2D eigenvalue weighted by Gasteiger charge is -2.26. The van der Waals surface area contributed by atoms with Crippen LogP contribution in [0, 0.1) is 11.8 Å². The van der Waals surface area contributed by atoms with E-state index in [0.29, 0.717) is 18.7 Å². The quantitative estimate of drug-likeness (QED) is 0.706. The van der Waals surface area contributed by atoms with Gasteiger partial charge < -0.3 is 10.4 Å². The average molecular weight is 211 g/mol. The maximum atomic E-state index is 9.05. The summed E-state index contributed by atoms with van der Waals surface area (Å²) >= 11 is 0. The molecule has 0 spiro atoms. The number of rotatable bonds is 6. The number of hydrogen-bond acceptors (Lipinski definition) is 2. The van der Waals surface area contributed by atoms with Crippen molar-refractivity contribution in [3.8, 4) is 0 Å². The zero-order valence-corrected chi connectivity index (χ0v) is 9.91. The van der Waals surface area contributed by atoms with Crippen LogP contribution >= 0.6 is 0 Å². The molecule has 0 aromatic heterocycles. The summed E-state index contributed by atoms with van der Waals surface area (Å²) in [5.74, 6) is 1.76. The van der Waals surface area contributed by atoms with Gasteiger partial charge in [0.1, 0.15) is 0 Å². The Kier molecular flexibility index (Phi) is 4.04. The lowest BCUT2D eigenvalue weighted by atomic mass is 9.97. The molecule has 2 unspecified atom stereocenters. The van der Waals surface area contributed by atoms with Crippen molar-refractivity contribution < 1.29 is 5.11 Å². The van der Waals surface area contributed by atoms with Gasteiger partial charge in [-0.15, -0.1) is 0 Å². The van der Waals surface area contributed by atoms with E-state index in [4.69, 9.17) is 5.11 Å². The lowest BCUT2D eigenvalue weighted by Crippen LogP contribution is -2.42. The standard InChI is InChI=1S/C13H25NO/c1-10(11-4-2-3-5-11)14-13(8-9-15)12-6-7-12/h10-15H,2-9H2,1H3.